The van der Waals surface area contributed by atoms with E-state index in [1.807, 2.05) is 38.3 Å². The van der Waals surface area contributed by atoms with Crippen molar-refractivity contribution < 1.29 is 17.9 Å². The highest BCUT2D eigenvalue weighted by atomic mass is 32.2. The summed E-state index contributed by atoms with van der Waals surface area (Å²) in [5.41, 5.74) is 2.73. The molecule has 2 N–H and O–H groups in total. The lowest BCUT2D eigenvalue weighted by Gasteiger charge is -2.18. The average Bonchev–Trinajstić information content (AvgIpc) is 2.81. The summed E-state index contributed by atoms with van der Waals surface area (Å²) < 4.78 is 33.7. The second-order valence-corrected chi connectivity index (χ2v) is 10.2. The van der Waals surface area contributed by atoms with E-state index in [0.717, 1.165) is 5.56 Å². The molecule has 0 aliphatic rings. The first-order chi connectivity index (χ1) is 15.8. The molecule has 0 fully saturated rings. The highest BCUT2D eigenvalue weighted by Crippen LogP contribution is 2.23. The van der Waals surface area contributed by atoms with Gasteiger partial charge in [-0.2, -0.15) is 16.5 Å². The topological polar surface area (TPSA) is 97.4 Å². The Bertz CT molecular complexity index is 1180. The first-order valence-electron chi connectivity index (χ1n) is 10.4. The fraction of sp³-hybridized carbons (Fsp3) is 0.250. The quantitative estimate of drug-likeness (QED) is 0.438. The van der Waals surface area contributed by atoms with Crippen molar-refractivity contribution in [1.29, 1.82) is 0 Å². The summed E-state index contributed by atoms with van der Waals surface area (Å²) in [6, 6.07) is 16.2. The van der Waals surface area contributed by atoms with Crippen LogP contribution in [0.5, 0.6) is 11.6 Å². The fourth-order valence-electron chi connectivity index (χ4n) is 2.98. The van der Waals surface area contributed by atoms with Crippen molar-refractivity contribution in [3.63, 3.8) is 0 Å². The van der Waals surface area contributed by atoms with E-state index < -0.39 is 22.0 Å². The number of nitrogens with zero attached hydrogens (tertiary/aromatic N) is 1. The Morgan fingerprint density at radius 1 is 1.06 bits per heavy atom. The Morgan fingerprint density at radius 3 is 2.45 bits per heavy atom. The summed E-state index contributed by atoms with van der Waals surface area (Å²) in [5, 5.41) is 2.74. The van der Waals surface area contributed by atoms with Gasteiger partial charge in [0, 0.05) is 6.07 Å². The second-order valence-electron chi connectivity index (χ2n) is 7.49. The SMILES string of the molecule is CSCCC(NS(=O)(=O)c1ccccc1)C(=O)Nc1ccc(Oc2ccc(C)c(C)c2)nc1. The number of hydrogen-bond acceptors (Lipinski definition) is 6. The molecule has 7 nitrogen and oxygen atoms in total. The molecule has 0 bridgehead atoms. The van der Waals surface area contributed by atoms with E-state index in [1.165, 1.54) is 35.7 Å². The van der Waals surface area contributed by atoms with Gasteiger partial charge in [-0.25, -0.2) is 13.4 Å². The molecule has 2 aromatic carbocycles. The van der Waals surface area contributed by atoms with Crippen LogP contribution in [0, 0.1) is 13.8 Å². The van der Waals surface area contributed by atoms with Crippen molar-refractivity contribution in [2.45, 2.75) is 31.2 Å². The van der Waals surface area contributed by atoms with E-state index in [9.17, 15) is 13.2 Å². The largest absolute Gasteiger partial charge is 0.439 e. The molecule has 1 amide bonds. The van der Waals surface area contributed by atoms with Gasteiger partial charge in [0.25, 0.3) is 0 Å². The van der Waals surface area contributed by atoms with E-state index in [4.69, 9.17) is 4.74 Å². The molecule has 174 valence electrons. The number of rotatable bonds is 10. The van der Waals surface area contributed by atoms with Crippen LogP contribution in [-0.2, 0) is 14.8 Å². The maximum absolute atomic E-state index is 12.9. The smallest absolute Gasteiger partial charge is 0.242 e. The van der Waals surface area contributed by atoms with Crippen LogP contribution in [-0.4, -0.2) is 37.4 Å². The van der Waals surface area contributed by atoms with E-state index >= 15 is 0 Å². The van der Waals surface area contributed by atoms with Gasteiger partial charge >= 0.3 is 0 Å². The number of anilines is 1. The number of thioether (sulfide) groups is 1. The summed E-state index contributed by atoms with van der Waals surface area (Å²) in [4.78, 5) is 17.2. The van der Waals surface area contributed by atoms with Crippen LogP contribution in [0.25, 0.3) is 0 Å². The maximum Gasteiger partial charge on any atom is 0.242 e. The molecule has 33 heavy (non-hydrogen) atoms. The third-order valence-electron chi connectivity index (χ3n) is 4.98. The molecule has 9 heteroatoms. The van der Waals surface area contributed by atoms with Crippen molar-refractivity contribution in [2.24, 2.45) is 0 Å². The highest BCUT2D eigenvalue weighted by Gasteiger charge is 2.25. The lowest BCUT2D eigenvalue weighted by Crippen LogP contribution is -2.44. The number of pyridine rings is 1. The van der Waals surface area contributed by atoms with Gasteiger partial charge < -0.3 is 10.1 Å². The average molecular weight is 486 g/mol. The molecule has 1 atom stereocenters. The van der Waals surface area contributed by atoms with Crippen LogP contribution in [0.4, 0.5) is 5.69 Å². The Balaban J connectivity index is 1.67. The Morgan fingerprint density at radius 2 is 1.82 bits per heavy atom. The number of carbonyl (C=O) groups is 1. The number of sulfonamides is 1. The summed E-state index contributed by atoms with van der Waals surface area (Å²) >= 11 is 1.54. The van der Waals surface area contributed by atoms with Crippen molar-refractivity contribution >= 4 is 33.4 Å². The standard InChI is InChI=1S/C24H27N3O4S2/c1-17-9-11-20(15-18(17)2)31-23-12-10-19(16-25-23)26-24(28)22(13-14-32-3)27-33(29,30)21-7-5-4-6-8-21/h4-12,15-16,22,27H,13-14H2,1-3H3,(H,26,28). The van der Waals surface area contributed by atoms with Crippen molar-refractivity contribution in [3.8, 4) is 11.6 Å². The van der Waals surface area contributed by atoms with Crippen LogP contribution in [0.3, 0.4) is 0 Å². The zero-order valence-corrected chi connectivity index (χ0v) is 20.4. The molecule has 0 aliphatic heterocycles. The van der Waals surface area contributed by atoms with E-state index in [1.54, 1.807) is 30.3 Å². The predicted molar refractivity (Wildman–Crippen MR) is 132 cm³/mol. The first-order valence-corrected chi connectivity index (χ1v) is 13.2. The minimum absolute atomic E-state index is 0.112. The van der Waals surface area contributed by atoms with E-state index in [-0.39, 0.29) is 4.90 Å². The van der Waals surface area contributed by atoms with Gasteiger partial charge in [-0.05, 0) is 73.7 Å². The van der Waals surface area contributed by atoms with Crippen molar-refractivity contribution in [1.82, 2.24) is 9.71 Å². The third-order valence-corrected chi connectivity index (χ3v) is 7.11. The number of aryl methyl sites for hydroxylation is 2. The number of nitrogens with one attached hydrogen (secondary N) is 2. The molecule has 0 aliphatic carbocycles. The molecule has 0 radical (unpaired) electrons. The monoisotopic (exact) mass is 485 g/mol. The molecule has 0 saturated carbocycles. The minimum Gasteiger partial charge on any atom is -0.439 e. The predicted octanol–water partition coefficient (Wildman–Crippen LogP) is 4.53. The zero-order chi connectivity index (χ0) is 23.8. The number of amides is 1. The number of carbonyl (C=O) groups excluding carboxylic acids is 1. The van der Waals surface area contributed by atoms with Gasteiger partial charge in [-0.1, -0.05) is 24.3 Å². The Labute approximate surface area is 199 Å². The molecule has 0 saturated heterocycles. The highest BCUT2D eigenvalue weighted by molar-refractivity contribution is 7.98. The fourth-order valence-corrected chi connectivity index (χ4v) is 4.70. The number of aromatic nitrogens is 1. The normalized spacial score (nSPS) is 12.2. The van der Waals surface area contributed by atoms with Gasteiger partial charge in [0.15, 0.2) is 0 Å². The third kappa shape index (κ3) is 7.05. The van der Waals surface area contributed by atoms with Crippen LogP contribution >= 0.6 is 11.8 Å². The van der Waals surface area contributed by atoms with Crippen LogP contribution in [0.1, 0.15) is 17.5 Å². The summed E-state index contributed by atoms with van der Waals surface area (Å²) in [6.45, 7) is 4.04. The lowest BCUT2D eigenvalue weighted by molar-refractivity contribution is -0.117. The summed E-state index contributed by atoms with van der Waals surface area (Å²) in [6.07, 6.45) is 3.73. The van der Waals surface area contributed by atoms with Crippen LogP contribution < -0.4 is 14.8 Å². The second kappa shape index (κ2) is 11.3. The molecule has 1 aromatic heterocycles. The Hall–Kier alpha value is -2.88. The van der Waals surface area contributed by atoms with Gasteiger partial charge in [0.2, 0.25) is 21.8 Å². The van der Waals surface area contributed by atoms with Gasteiger partial charge in [0.05, 0.1) is 16.8 Å². The molecule has 1 heterocycles. The molecule has 3 aromatic rings. The van der Waals surface area contributed by atoms with Gasteiger partial charge in [0.1, 0.15) is 11.8 Å². The maximum atomic E-state index is 12.9. The summed E-state index contributed by atoms with van der Waals surface area (Å²) in [5.74, 6) is 1.24. The van der Waals surface area contributed by atoms with E-state index in [0.29, 0.717) is 29.5 Å². The van der Waals surface area contributed by atoms with Crippen molar-refractivity contribution in [3.05, 3.63) is 78.0 Å². The molecule has 0 spiro atoms. The zero-order valence-electron chi connectivity index (χ0n) is 18.7. The van der Waals surface area contributed by atoms with Crippen molar-refractivity contribution in [2.75, 3.05) is 17.3 Å². The lowest BCUT2D eigenvalue weighted by atomic mass is 10.1. The first kappa shape index (κ1) is 24.8. The number of ether oxygens (including phenoxy) is 1. The Kier molecular flexibility index (Phi) is 8.49. The minimum atomic E-state index is -3.83. The van der Waals surface area contributed by atoms with Gasteiger partial charge in [-0.3, -0.25) is 4.79 Å². The van der Waals surface area contributed by atoms with Gasteiger partial charge in [-0.15, -0.1) is 0 Å². The molecular formula is C24H27N3O4S2. The van der Waals surface area contributed by atoms with E-state index in [2.05, 4.69) is 15.0 Å². The number of hydrogen-bond donors (Lipinski definition) is 2. The number of benzene rings is 2. The summed E-state index contributed by atoms with van der Waals surface area (Å²) in [7, 11) is -3.83. The van der Waals surface area contributed by atoms with Crippen LogP contribution in [0.2, 0.25) is 0 Å². The van der Waals surface area contributed by atoms with Crippen LogP contribution in [0.15, 0.2) is 71.8 Å². The molecule has 1 unspecified atom stereocenters. The molecule has 3 rings (SSSR count). The molecular weight excluding hydrogens is 458 g/mol.